The molecular formula is C20H25N3O. The number of hydrogen-bond donors (Lipinski definition) is 0. The van der Waals surface area contributed by atoms with Gasteiger partial charge in [0.1, 0.15) is 0 Å². The van der Waals surface area contributed by atoms with Gasteiger partial charge in [-0.05, 0) is 57.1 Å². The van der Waals surface area contributed by atoms with Crippen molar-refractivity contribution < 1.29 is 4.79 Å². The lowest BCUT2D eigenvalue weighted by atomic mass is 10.00. The van der Waals surface area contributed by atoms with Crippen LogP contribution in [0, 0.1) is 12.8 Å². The number of aromatic nitrogens is 2. The summed E-state index contributed by atoms with van der Waals surface area (Å²) in [4.78, 5) is 15.1. The highest BCUT2D eigenvalue weighted by Gasteiger charge is 2.31. The van der Waals surface area contributed by atoms with Crippen molar-refractivity contribution >= 4 is 5.91 Å². The SMILES string of the molecule is Cc1ccc(-n2nc(C(=O)N3CCCC(C)C3)c3c2CCC3)cc1. The summed E-state index contributed by atoms with van der Waals surface area (Å²) < 4.78 is 2.00. The molecule has 1 fully saturated rings. The van der Waals surface area contributed by atoms with Gasteiger partial charge in [-0.2, -0.15) is 5.10 Å². The van der Waals surface area contributed by atoms with Gasteiger partial charge in [-0.1, -0.05) is 24.6 Å². The fourth-order valence-corrected chi connectivity index (χ4v) is 4.03. The van der Waals surface area contributed by atoms with Gasteiger partial charge in [0, 0.05) is 24.3 Å². The summed E-state index contributed by atoms with van der Waals surface area (Å²) in [6.07, 6.45) is 5.44. The zero-order valence-corrected chi connectivity index (χ0v) is 14.6. The molecule has 1 amide bonds. The molecule has 1 atom stereocenters. The minimum atomic E-state index is 0.130. The third-order valence-corrected chi connectivity index (χ3v) is 5.36. The van der Waals surface area contributed by atoms with Crippen molar-refractivity contribution in [3.63, 3.8) is 0 Å². The molecule has 0 radical (unpaired) electrons. The van der Waals surface area contributed by atoms with Crippen LogP contribution in [0.5, 0.6) is 0 Å². The van der Waals surface area contributed by atoms with Crippen LogP contribution < -0.4 is 0 Å². The predicted octanol–water partition coefficient (Wildman–Crippen LogP) is 3.54. The Labute approximate surface area is 143 Å². The molecule has 2 aliphatic rings. The number of fused-ring (bicyclic) bond motifs is 1. The maximum absolute atomic E-state index is 13.1. The normalized spacial score (nSPS) is 20.2. The van der Waals surface area contributed by atoms with Gasteiger partial charge in [-0.15, -0.1) is 0 Å². The topological polar surface area (TPSA) is 38.1 Å². The molecule has 1 saturated heterocycles. The Morgan fingerprint density at radius 1 is 1.17 bits per heavy atom. The molecule has 0 N–H and O–H groups in total. The Morgan fingerprint density at radius 3 is 2.71 bits per heavy atom. The van der Waals surface area contributed by atoms with E-state index in [1.54, 1.807) is 0 Å². The van der Waals surface area contributed by atoms with Crippen molar-refractivity contribution in [3.05, 3.63) is 46.8 Å². The molecule has 1 unspecified atom stereocenters. The summed E-state index contributed by atoms with van der Waals surface area (Å²) in [6.45, 7) is 6.05. The number of piperidine rings is 1. The highest BCUT2D eigenvalue weighted by atomic mass is 16.2. The molecule has 0 bridgehead atoms. The van der Waals surface area contributed by atoms with E-state index in [0.717, 1.165) is 44.5 Å². The number of benzene rings is 1. The molecule has 0 saturated carbocycles. The fraction of sp³-hybridized carbons (Fsp3) is 0.500. The summed E-state index contributed by atoms with van der Waals surface area (Å²) in [5.74, 6) is 0.723. The van der Waals surface area contributed by atoms with Gasteiger partial charge in [-0.3, -0.25) is 4.79 Å². The van der Waals surface area contributed by atoms with Crippen LogP contribution >= 0.6 is 0 Å². The molecule has 126 valence electrons. The summed E-state index contributed by atoms with van der Waals surface area (Å²) in [7, 11) is 0. The van der Waals surface area contributed by atoms with Crippen LogP contribution in [0.4, 0.5) is 0 Å². The smallest absolute Gasteiger partial charge is 0.274 e. The summed E-state index contributed by atoms with van der Waals surface area (Å²) in [5.41, 5.74) is 5.40. The van der Waals surface area contributed by atoms with Crippen LogP contribution in [0.2, 0.25) is 0 Å². The molecule has 4 heteroatoms. The van der Waals surface area contributed by atoms with E-state index < -0.39 is 0 Å². The molecule has 2 aromatic rings. The molecule has 2 heterocycles. The van der Waals surface area contributed by atoms with Crippen LogP contribution in [0.1, 0.15) is 53.5 Å². The number of rotatable bonds is 2. The van der Waals surface area contributed by atoms with Crippen LogP contribution in [0.25, 0.3) is 5.69 Å². The van der Waals surface area contributed by atoms with E-state index in [9.17, 15) is 4.79 Å². The molecule has 1 aromatic heterocycles. The van der Waals surface area contributed by atoms with Gasteiger partial charge in [0.25, 0.3) is 5.91 Å². The Balaban J connectivity index is 1.70. The second-order valence-corrected chi connectivity index (χ2v) is 7.37. The first kappa shape index (κ1) is 15.4. The Hall–Kier alpha value is -2.10. The number of carbonyl (C=O) groups is 1. The fourth-order valence-electron chi connectivity index (χ4n) is 4.03. The van der Waals surface area contributed by atoms with E-state index in [2.05, 4.69) is 38.1 Å². The number of aryl methyl sites for hydroxylation is 1. The first-order valence-corrected chi connectivity index (χ1v) is 9.10. The van der Waals surface area contributed by atoms with Crippen molar-refractivity contribution in [1.29, 1.82) is 0 Å². The molecule has 1 aliphatic carbocycles. The first-order valence-electron chi connectivity index (χ1n) is 9.10. The standard InChI is InChI=1S/C20H25N3O/c1-14-8-10-16(11-9-14)23-18-7-3-6-17(18)19(21-23)20(24)22-12-4-5-15(2)13-22/h8-11,15H,3-7,12-13H2,1-2H3. The van der Waals surface area contributed by atoms with Crippen LogP contribution in [-0.4, -0.2) is 33.7 Å². The number of likely N-dealkylation sites (tertiary alicyclic amines) is 1. The molecule has 4 rings (SSSR count). The van der Waals surface area contributed by atoms with E-state index in [1.807, 2.05) is 9.58 Å². The largest absolute Gasteiger partial charge is 0.337 e. The molecular weight excluding hydrogens is 298 g/mol. The maximum Gasteiger partial charge on any atom is 0.274 e. The van der Waals surface area contributed by atoms with E-state index in [0.29, 0.717) is 11.6 Å². The average Bonchev–Trinajstić information content (AvgIpc) is 3.17. The third kappa shape index (κ3) is 2.64. The van der Waals surface area contributed by atoms with Gasteiger partial charge >= 0.3 is 0 Å². The first-order chi connectivity index (χ1) is 11.6. The van der Waals surface area contributed by atoms with Crippen molar-refractivity contribution in [2.24, 2.45) is 5.92 Å². The van der Waals surface area contributed by atoms with Crippen LogP contribution in [0.3, 0.4) is 0 Å². The van der Waals surface area contributed by atoms with Crippen molar-refractivity contribution in [1.82, 2.24) is 14.7 Å². The highest BCUT2D eigenvalue weighted by Crippen LogP contribution is 2.29. The molecule has 0 spiro atoms. The van der Waals surface area contributed by atoms with E-state index in [4.69, 9.17) is 5.10 Å². The minimum Gasteiger partial charge on any atom is -0.337 e. The quantitative estimate of drug-likeness (QED) is 0.848. The van der Waals surface area contributed by atoms with Gasteiger partial charge in [0.2, 0.25) is 0 Å². The van der Waals surface area contributed by atoms with Gasteiger partial charge in [0.05, 0.1) is 5.69 Å². The number of nitrogens with zero attached hydrogens (tertiary/aromatic N) is 3. The van der Waals surface area contributed by atoms with Crippen LogP contribution in [-0.2, 0) is 12.8 Å². The monoisotopic (exact) mass is 323 g/mol. The second-order valence-electron chi connectivity index (χ2n) is 7.37. The molecule has 1 aromatic carbocycles. The zero-order chi connectivity index (χ0) is 16.7. The summed E-state index contributed by atoms with van der Waals surface area (Å²) in [6, 6.07) is 8.40. The maximum atomic E-state index is 13.1. The van der Waals surface area contributed by atoms with Gasteiger partial charge in [-0.25, -0.2) is 4.68 Å². The minimum absolute atomic E-state index is 0.130. The number of carbonyl (C=O) groups excluding carboxylic acids is 1. The highest BCUT2D eigenvalue weighted by molar-refractivity contribution is 5.94. The van der Waals surface area contributed by atoms with Gasteiger partial charge in [0.15, 0.2) is 5.69 Å². The van der Waals surface area contributed by atoms with E-state index in [-0.39, 0.29) is 5.91 Å². The average molecular weight is 323 g/mol. The van der Waals surface area contributed by atoms with E-state index >= 15 is 0 Å². The van der Waals surface area contributed by atoms with Gasteiger partial charge < -0.3 is 4.90 Å². The van der Waals surface area contributed by atoms with Crippen molar-refractivity contribution in [2.45, 2.75) is 46.0 Å². The lowest BCUT2D eigenvalue weighted by Gasteiger charge is -2.30. The Bertz CT molecular complexity index is 760. The molecule has 24 heavy (non-hydrogen) atoms. The molecule has 1 aliphatic heterocycles. The van der Waals surface area contributed by atoms with Crippen molar-refractivity contribution in [2.75, 3.05) is 13.1 Å². The lowest BCUT2D eigenvalue weighted by molar-refractivity contribution is 0.0675. The second kappa shape index (κ2) is 6.08. The summed E-state index contributed by atoms with van der Waals surface area (Å²) >= 11 is 0. The number of hydrogen-bond acceptors (Lipinski definition) is 2. The number of amides is 1. The zero-order valence-electron chi connectivity index (χ0n) is 14.6. The Morgan fingerprint density at radius 2 is 1.96 bits per heavy atom. The van der Waals surface area contributed by atoms with Crippen molar-refractivity contribution in [3.8, 4) is 5.69 Å². The van der Waals surface area contributed by atoms with E-state index in [1.165, 1.54) is 23.2 Å². The lowest BCUT2D eigenvalue weighted by Crippen LogP contribution is -2.39. The third-order valence-electron chi connectivity index (χ3n) is 5.36. The van der Waals surface area contributed by atoms with Crippen LogP contribution in [0.15, 0.2) is 24.3 Å². The molecule has 4 nitrogen and oxygen atoms in total. The Kier molecular flexibility index (Phi) is 3.91. The summed E-state index contributed by atoms with van der Waals surface area (Å²) in [5, 5.41) is 4.76. The predicted molar refractivity (Wildman–Crippen MR) is 94.6 cm³/mol.